The molecule has 76 valence electrons. The lowest BCUT2D eigenvalue weighted by Crippen LogP contribution is -2.18. The van der Waals surface area contributed by atoms with E-state index in [-0.39, 0.29) is 11.2 Å². The van der Waals surface area contributed by atoms with E-state index >= 15 is 0 Å². The molecule has 0 aliphatic heterocycles. The Kier molecular flexibility index (Phi) is 3.06. The topological polar surface area (TPSA) is 37.3 Å². The predicted octanol–water partition coefficient (Wildman–Crippen LogP) is 2.16. The van der Waals surface area contributed by atoms with Crippen LogP contribution in [0.25, 0.3) is 0 Å². The van der Waals surface area contributed by atoms with Crippen LogP contribution in [0, 0.1) is 0 Å². The van der Waals surface area contributed by atoms with E-state index in [1.165, 1.54) is 0 Å². The van der Waals surface area contributed by atoms with Crippen LogP contribution in [0.4, 0.5) is 0 Å². The molecule has 0 bridgehead atoms. The SMILES string of the molecule is CC(C)(C)c1ccccc1C(=O)CO. The second-order valence-corrected chi connectivity index (χ2v) is 4.38. The second-order valence-electron chi connectivity index (χ2n) is 4.38. The van der Waals surface area contributed by atoms with Crippen molar-refractivity contribution in [2.75, 3.05) is 6.61 Å². The third kappa shape index (κ3) is 2.20. The maximum atomic E-state index is 11.4. The number of carbonyl (C=O) groups excluding carboxylic acids is 1. The van der Waals surface area contributed by atoms with Crippen LogP contribution in [0.2, 0.25) is 0 Å². The molecule has 0 radical (unpaired) electrons. The van der Waals surface area contributed by atoms with E-state index < -0.39 is 6.61 Å². The molecule has 0 spiro atoms. The summed E-state index contributed by atoms with van der Waals surface area (Å²) in [7, 11) is 0. The lowest BCUT2D eigenvalue weighted by atomic mass is 9.83. The predicted molar refractivity (Wildman–Crippen MR) is 56.6 cm³/mol. The molecule has 0 saturated carbocycles. The molecule has 0 atom stereocenters. The molecule has 14 heavy (non-hydrogen) atoms. The van der Waals surface area contributed by atoms with Crippen molar-refractivity contribution in [1.82, 2.24) is 0 Å². The molecular formula is C12H16O2. The Morgan fingerprint density at radius 1 is 1.29 bits per heavy atom. The van der Waals surface area contributed by atoms with Crippen molar-refractivity contribution in [2.45, 2.75) is 26.2 Å². The van der Waals surface area contributed by atoms with Gasteiger partial charge in [-0.1, -0.05) is 45.0 Å². The highest BCUT2D eigenvalue weighted by Crippen LogP contribution is 2.25. The minimum absolute atomic E-state index is 0.0680. The summed E-state index contributed by atoms with van der Waals surface area (Å²) >= 11 is 0. The van der Waals surface area contributed by atoms with E-state index in [2.05, 4.69) is 20.8 Å². The third-order valence-corrected chi connectivity index (χ3v) is 2.18. The lowest BCUT2D eigenvalue weighted by Gasteiger charge is -2.21. The highest BCUT2D eigenvalue weighted by Gasteiger charge is 2.20. The third-order valence-electron chi connectivity index (χ3n) is 2.18. The summed E-state index contributed by atoms with van der Waals surface area (Å²) in [5.74, 6) is -0.212. The number of hydrogen-bond donors (Lipinski definition) is 1. The molecule has 0 unspecified atom stereocenters. The number of rotatable bonds is 2. The molecule has 0 aliphatic carbocycles. The standard InChI is InChI=1S/C12H16O2/c1-12(2,3)10-7-5-4-6-9(10)11(14)8-13/h4-7,13H,8H2,1-3H3. The summed E-state index contributed by atoms with van der Waals surface area (Å²) in [6.07, 6.45) is 0. The molecule has 0 aromatic heterocycles. The quantitative estimate of drug-likeness (QED) is 0.729. The molecule has 2 nitrogen and oxygen atoms in total. The number of benzene rings is 1. The first-order chi connectivity index (χ1) is 6.46. The van der Waals surface area contributed by atoms with Crippen molar-refractivity contribution in [1.29, 1.82) is 0 Å². The van der Waals surface area contributed by atoms with Gasteiger partial charge in [-0.25, -0.2) is 0 Å². The summed E-state index contributed by atoms with van der Waals surface area (Å²) < 4.78 is 0. The molecule has 2 heteroatoms. The van der Waals surface area contributed by atoms with Gasteiger partial charge in [0.05, 0.1) is 0 Å². The molecular weight excluding hydrogens is 176 g/mol. The molecule has 1 aromatic carbocycles. The molecule has 1 aromatic rings. The summed E-state index contributed by atoms with van der Waals surface area (Å²) in [6, 6.07) is 7.43. The molecule has 1 N–H and O–H groups in total. The van der Waals surface area contributed by atoms with Gasteiger partial charge >= 0.3 is 0 Å². The second kappa shape index (κ2) is 3.93. The Balaban J connectivity index is 3.23. The van der Waals surface area contributed by atoms with Gasteiger partial charge in [-0.2, -0.15) is 0 Å². The Bertz CT molecular complexity index is 334. The Morgan fingerprint density at radius 3 is 2.36 bits per heavy atom. The van der Waals surface area contributed by atoms with Crippen molar-refractivity contribution >= 4 is 5.78 Å². The lowest BCUT2D eigenvalue weighted by molar-refractivity contribution is 0.0901. The van der Waals surface area contributed by atoms with Crippen molar-refractivity contribution in [2.24, 2.45) is 0 Å². The van der Waals surface area contributed by atoms with Gasteiger partial charge in [-0.05, 0) is 11.0 Å². The van der Waals surface area contributed by atoms with E-state index in [0.29, 0.717) is 5.56 Å². The van der Waals surface area contributed by atoms with Gasteiger partial charge < -0.3 is 5.11 Å². The number of aliphatic hydroxyl groups is 1. The Morgan fingerprint density at radius 2 is 1.86 bits per heavy atom. The highest BCUT2D eigenvalue weighted by atomic mass is 16.3. The summed E-state index contributed by atoms with van der Waals surface area (Å²) in [5, 5.41) is 8.83. The monoisotopic (exact) mass is 192 g/mol. The summed E-state index contributed by atoms with van der Waals surface area (Å²) in [5.41, 5.74) is 1.54. The molecule has 0 aliphatic rings. The number of Topliss-reactive ketones (excluding diaryl/α,β-unsaturated/α-hetero) is 1. The van der Waals surface area contributed by atoms with Crippen molar-refractivity contribution < 1.29 is 9.90 Å². The number of carbonyl (C=O) groups is 1. The van der Waals surface area contributed by atoms with Gasteiger partial charge in [-0.15, -0.1) is 0 Å². The number of hydrogen-bond acceptors (Lipinski definition) is 2. The van der Waals surface area contributed by atoms with Crippen LogP contribution in [-0.4, -0.2) is 17.5 Å². The molecule has 0 saturated heterocycles. The van der Waals surface area contributed by atoms with E-state index in [1.807, 2.05) is 18.2 Å². The molecule has 1 rings (SSSR count). The zero-order valence-electron chi connectivity index (χ0n) is 8.87. The fourth-order valence-corrected chi connectivity index (χ4v) is 1.47. The number of aliphatic hydroxyl groups excluding tert-OH is 1. The van der Waals surface area contributed by atoms with Gasteiger partial charge in [0.2, 0.25) is 0 Å². The van der Waals surface area contributed by atoms with Gasteiger partial charge in [0, 0.05) is 5.56 Å². The van der Waals surface area contributed by atoms with Crippen LogP contribution in [0.15, 0.2) is 24.3 Å². The van der Waals surface area contributed by atoms with Crippen LogP contribution < -0.4 is 0 Å². The first-order valence-electron chi connectivity index (χ1n) is 4.70. The minimum atomic E-state index is -0.424. The van der Waals surface area contributed by atoms with Crippen LogP contribution >= 0.6 is 0 Å². The molecule has 0 fully saturated rings. The molecule has 0 heterocycles. The average molecular weight is 192 g/mol. The minimum Gasteiger partial charge on any atom is -0.388 e. The van der Waals surface area contributed by atoms with Gasteiger partial charge in [0.25, 0.3) is 0 Å². The van der Waals surface area contributed by atoms with Crippen molar-refractivity contribution in [3.63, 3.8) is 0 Å². The normalized spacial score (nSPS) is 11.4. The highest BCUT2D eigenvalue weighted by molar-refractivity contribution is 5.98. The van der Waals surface area contributed by atoms with E-state index in [9.17, 15) is 4.79 Å². The van der Waals surface area contributed by atoms with E-state index in [0.717, 1.165) is 5.56 Å². The van der Waals surface area contributed by atoms with E-state index in [1.54, 1.807) is 6.07 Å². The van der Waals surface area contributed by atoms with E-state index in [4.69, 9.17) is 5.11 Å². The smallest absolute Gasteiger partial charge is 0.188 e. The van der Waals surface area contributed by atoms with Crippen molar-refractivity contribution in [3.8, 4) is 0 Å². The van der Waals surface area contributed by atoms with Gasteiger partial charge in [0.15, 0.2) is 5.78 Å². The zero-order chi connectivity index (χ0) is 10.8. The largest absolute Gasteiger partial charge is 0.388 e. The Labute approximate surface area is 84.6 Å². The van der Waals surface area contributed by atoms with Crippen LogP contribution in [0.3, 0.4) is 0 Å². The van der Waals surface area contributed by atoms with Crippen molar-refractivity contribution in [3.05, 3.63) is 35.4 Å². The van der Waals surface area contributed by atoms with Gasteiger partial charge in [0.1, 0.15) is 6.61 Å². The fraction of sp³-hybridized carbons (Fsp3) is 0.417. The van der Waals surface area contributed by atoms with Gasteiger partial charge in [-0.3, -0.25) is 4.79 Å². The maximum Gasteiger partial charge on any atom is 0.188 e. The van der Waals surface area contributed by atoms with Crippen LogP contribution in [0.5, 0.6) is 0 Å². The maximum absolute atomic E-state index is 11.4. The van der Waals surface area contributed by atoms with Crippen LogP contribution in [-0.2, 0) is 5.41 Å². The summed E-state index contributed by atoms with van der Waals surface area (Å²) in [6.45, 7) is 5.73. The zero-order valence-corrected chi connectivity index (χ0v) is 8.87. The number of ketones is 1. The van der Waals surface area contributed by atoms with Crippen LogP contribution in [0.1, 0.15) is 36.7 Å². The fourth-order valence-electron chi connectivity index (χ4n) is 1.47. The molecule has 0 amide bonds. The summed E-state index contributed by atoms with van der Waals surface area (Å²) in [4.78, 5) is 11.4. The Hall–Kier alpha value is -1.15. The average Bonchev–Trinajstić information content (AvgIpc) is 2.15. The first kappa shape index (κ1) is 10.9. The first-order valence-corrected chi connectivity index (χ1v) is 4.70.